The van der Waals surface area contributed by atoms with E-state index in [0.717, 1.165) is 6.42 Å². The Morgan fingerprint density at radius 2 is 1.67 bits per heavy atom. The van der Waals surface area contributed by atoms with Crippen LogP contribution in [0.2, 0.25) is 10.0 Å². The molecule has 33 heavy (non-hydrogen) atoms. The van der Waals surface area contributed by atoms with Crippen LogP contribution in [0.3, 0.4) is 0 Å². The largest absolute Gasteiger partial charge is 0.371 e. The van der Waals surface area contributed by atoms with Gasteiger partial charge in [0, 0.05) is 23.7 Å². The number of unbranched alkanes of at least 4 members (excludes halogenated alkanes) is 5. The van der Waals surface area contributed by atoms with Crippen molar-refractivity contribution in [3.63, 3.8) is 0 Å². The van der Waals surface area contributed by atoms with E-state index in [1.807, 2.05) is 6.92 Å². The van der Waals surface area contributed by atoms with Gasteiger partial charge < -0.3 is 10.1 Å². The van der Waals surface area contributed by atoms with Crippen molar-refractivity contribution in [3.05, 3.63) is 37.9 Å². The zero-order valence-electron chi connectivity index (χ0n) is 21.6. The Morgan fingerprint density at radius 1 is 1.06 bits per heavy atom. The number of nitro benzene ring substituents is 1. The Balaban J connectivity index is 2.68. The summed E-state index contributed by atoms with van der Waals surface area (Å²) in [5.74, 6) is 0.423. The minimum atomic E-state index is -0.463. The maximum Gasteiger partial charge on any atom is 0.292 e. The summed E-state index contributed by atoms with van der Waals surface area (Å²) in [6.45, 7) is 16.4. The normalized spacial score (nSPS) is 14.3. The number of nitro groups is 1. The maximum absolute atomic E-state index is 11.4. The Morgan fingerprint density at radius 3 is 2.24 bits per heavy atom. The number of nitrogens with one attached hydrogen (secondary N) is 1. The summed E-state index contributed by atoms with van der Waals surface area (Å²) in [5.41, 5.74) is 0.223. The molecule has 5 nitrogen and oxygen atoms in total. The van der Waals surface area contributed by atoms with Gasteiger partial charge in [-0.05, 0) is 50.7 Å². The second-order valence-corrected chi connectivity index (χ2v) is 11.6. The minimum Gasteiger partial charge on any atom is -0.371 e. The van der Waals surface area contributed by atoms with Gasteiger partial charge in [0.1, 0.15) is 5.02 Å². The van der Waals surface area contributed by atoms with Gasteiger partial charge >= 0.3 is 0 Å². The van der Waals surface area contributed by atoms with Gasteiger partial charge in [0.2, 0.25) is 0 Å². The molecule has 2 atom stereocenters. The molecule has 0 saturated heterocycles. The van der Waals surface area contributed by atoms with Crippen molar-refractivity contribution in [2.75, 3.05) is 6.54 Å². The molecule has 190 valence electrons. The molecular formula is C26H44Cl2N2O3. The van der Waals surface area contributed by atoms with E-state index < -0.39 is 4.92 Å². The molecule has 0 saturated carbocycles. The topological polar surface area (TPSA) is 64.4 Å². The molecular weight excluding hydrogens is 459 g/mol. The molecule has 1 aromatic rings. The van der Waals surface area contributed by atoms with Crippen LogP contribution in [0.5, 0.6) is 0 Å². The highest BCUT2D eigenvalue weighted by Gasteiger charge is 2.39. The highest BCUT2D eigenvalue weighted by Crippen LogP contribution is 2.41. The third kappa shape index (κ3) is 10.5. The Bertz CT molecular complexity index is 748. The molecule has 0 bridgehead atoms. The fourth-order valence-electron chi connectivity index (χ4n) is 4.96. The van der Waals surface area contributed by atoms with Gasteiger partial charge in [-0.1, -0.05) is 89.4 Å². The van der Waals surface area contributed by atoms with Crippen LogP contribution in [-0.2, 0) is 11.3 Å². The van der Waals surface area contributed by atoms with Crippen LogP contribution in [0.4, 0.5) is 5.69 Å². The zero-order valence-corrected chi connectivity index (χ0v) is 23.1. The first kappa shape index (κ1) is 30.2. The lowest BCUT2D eigenvalue weighted by molar-refractivity contribution is -0.385. The van der Waals surface area contributed by atoms with E-state index in [1.54, 1.807) is 6.07 Å². The Kier molecular flexibility index (Phi) is 12.7. The molecule has 0 heterocycles. The van der Waals surface area contributed by atoms with Crippen LogP contribution >= 0.6 is 23.2 Å². The van der Waals surface area contributed by atoms with Crippen LogP contribution in [0, 0.1) is 21.4 Å². The van der Waals surface area contributed by atoms with Crippen LogP contribution in [0.25, 0.3) is 0 Å². The smallest absolute Gasteiger partial charge is 0.292 e. The first-order valence-electron chi connectivity index (χ1n) is 12.3. The van der Waals surface area contributed by atoms with Crippen LogP contribution in [-0.4, -0.2) is 23.2 Å². The zero-order chi connectivity index (χ0) is 25.2. The fourth-order valence-corrected chi connectivity index (χ4v) is 5.57. The number of halogens is 2. The summed E-state index contributed by atoms with van der Waals surface area (Å²) in [6, 6.07) is 2.99. The average molecular weight is 504 g/mol. The predicted octanol–water partition coefficient (Wildman–Crippen LogP) is 8.59. The number of benzene rings is 1. The first-order valence-corrected chi connectivity index (χ1v) is 13.1. The van der Waals surface area contributed by atoms with Crippen molar-refractivity contribution < 1.29 is 9.66 Å². The molecule has 0 amide bonds. The molecule has 0 radical (unpaired) electrons. The van der Waals surface area contributed by atoms with Gasteiger partial charge in [-0.2, -0.15) is 0 Å². The Hall–Kier alpha value is -0.880. The summed E-state index contributed by atoms with van der Waals surface area (Å²) in [5, 5.41) is 15.1. The minimum absolute atomic E-state index is 0.0527. The lowest BCUT2D eigenvalue weighted by Crippen LogP contribution is -2.45. The van der Waals surface area contributed by atoms with Gasteiger partial charge in [-0.3, -0.25) is 10.1 Å². The van der Waals surface area contributed by atoms with Gasteiger partial charge in [0.15, 0.2) is 0 Å². The molecule has 0 aliphatic carbocycles. The highest BCUT2D eigenvalue weighted by atomic mass is 35.5. The number of nitrogens with zero attached hydrogens (tertiary/aromatic N) is 1. The molecule has 1 rings (SSSR count). The van der Waals surface area contributed by atoms with E-state index in [2.05, 4.69) is 46.9 Å². The van der Waals surface area contributed by atoms with E-state index in [4.69, 9.17) is 27.9 Å². The molecule has 7 heteroatoms. The molecule has 0 aliphatic rings. The monoisotopic (exact) mass is 502 g/mol. The molecule has 2 unspecified atom stereocenters. The summed E-state index contributed by atoms with van der Waals surface area (Å²) in [6.07, 6.45) is 8.84. The number of rotatable bonds is 15. The van der Waals surface area contributed by atoms with Gasteiger partial charge in [-0.15, -0.1) is 0 Å². The highest BCUT2D eigenvalue weighted by molar-refractivity contribution is 6.36. The van der Waals surface area contributed by atoms with Crippen LogP contribution < -0.4 is 5.32 Å². The third-order valence-electron chi connectivity index (χ3n) is 6.27. The summed E-state index contributed by atoms with van der Waals surface area (Å²) in [7, 11) is 0. The van der Waals surface area contributed by atoms with Crippen molar-refractivity contribution in [1.82, 2.24) is 5.32 Å². The van der Waals surface area contributed by atoms with Crippen molar-refractivity contribution in [1.29, 1.82) is 0 Å². The van der Waals surface area contributed by atoms with Crippen molar-refractivity contribution in [2.24, 2.45) is 11.3 Å². The van der Waals surface area contributed by atoms with Gasteiger partial charge in [0.25, 0.3) is 5.69 Å². The molecule has 0 spiro atoms. The summed E-state index contributed by atoms with van der Waals surface area (Å²) >= 11 is 12.1. The van der Waals surface area contributed by atoms with E-state index in [9.17, 15) is 10.1 Å². The van der Waals surface area contributed by atoms with Crippen molar-refractivity contribution >= 4 is 28.9 Å². The molecule has 0 fully saturated rings. The summed E-state index contributed by atoms with van der Waals surface area (Å²) in [4.78, 5) is 10.9. The third-order valence-corrected chi connectivity index (χ3v) is 6.78. The SMILES string of the molecule is CCCCCCCCC(C(C)(C)C)C(C)(C)OC(C)CNCc1cc(Cl)cc(Cl)c1[N+](=O)[O-]. The quantitative estimate of drug-likeness (QED) is 0.148. The standard InChI is InChI=1S/C26H44Cl2N2O3/c1-8-9-10-11-12-13-14-23(25(3,4)5)26(6,7)33-19(2)17-29-18-20-15-21(27)16-22(28)24(20)30(31)32/h15-16,19,23,29H,8-14,17-18H2,1-7H3. The van der Waals surface area contributed by atoms with E-state index in [1.165, 1.54) is 44.6 Å². The van der Waals surface area contributed by atoms with E-state index in [0.29, 0.717) is 29.6 Å². The van der Waals surface area contributed by atoms with Crippen LogP contribution in [0.15, 0.2) is 12.1 Å². The van der Waals surface area contributed by atoms with Gasteiger partial charge in [0.05, 0.1) is 16.6 Å². The molecule has 1 aromatic carbocycles. The van der Waals surface area contributed by atoms with Crippen LogP contribution in [0.1, 0.15) is 99.0 Å². The van der Waals surface area contributed by atoms with E-state index in [-0.39, 0.29) is 27.8 Å². The van der Waals surface area contributed by atoms with Crippen molar-refractivity contribution in [2.45, 2.75) is 112 Å². The Labute approximate surface area is 211 Å². The molecule has 0 aliphatic heterocycles. The lowest BCUT2D eigenvalue weighted by atomic mass is 9.69. The second-order valence-electron chi connectivity index (χ2n) is 10.8. The van der Waals surface area contributed by atoms with Crippen molar-refractivity contribution in [3.8, 4) is 0 Å². The maximum atomic E-state index is 11.4. The molecule has 1 N–H and O–H groups in total. The average Bonchev–Trinajstić information content (AvgIpc) is 2.64. The summed E-state index contributed by atoms with van der Waals surface area (Å²) < 4.78 is 6.54. The second kappa shape index (κ2) is 13.9. The first-order chi connectivity index (χ1) is 15.3. The fraction of sp³-hybridized carbons (Fsp3) is 0.769. The lowest BCUT2D eigenvalue weighted by Gasteiger charge is -2.44. The number of hydrogen-bond donors (Lipinski definition) is 1. The van der Waals surface area contributed by atoms with Gasteiger partial charge in [-0.25, -0.2) is 0 Å². The number of ether oxygens (including phenoxy) is 1. The van der Waals surface area contributed by atoms with E-state index >= 15 is 0 Å². The number of hydrogen-bond acceptors (Lipinski definition) is 4. The predicted molar refractivity (Wildman–Crippen MR) is 140 cm³/mol. The molecule has 0 aromatic heterocycles.